The Balaban J connectivity index is 2.33. The Morgan fingerprint density at radius 1 is 1.27 bits per heavy atom. The third-order valence-corrected chi connectivity index (χ3v) is 3.17. The molecule has 11 heavy (non-hydrogen) atoms. The van der Waals surface area contributed by atoms with Crippen LogP contribution in [0.15, 0.2) is 0 Å². The van der Waals surface area contributed by atoms with Crippen LogP contribution in [0, 0.1) is 11.8 Å². The zero-order valence-electron chi connectivity index (χ0n) is 7.39. The standard InChI is InChI=1S/C9H17NS/c1-7-3-5-8(6-4-7)9(11)10-2/h7-8H,3-6H2,1-2H3,(H,10,11). The minimum absolute atomic E-state index is 0.672. The fourth-order valence-corrected chi connectivity index (χ4v) is 1.96. The summed E-state index contributed by atoms with van der Waals surface area (Å²) >= 11 is 5.20. The molecular weight excluding hydrogens is 154 g/mol. The Kier molecular flexibility index (Phi) is 3.31. The van der Waals surface area contributed by atoms with Gasteiger partial charge in [-0.1, -0.05) is 32.0 Å². The molecule has 1 aliphatic rings. The van der Waals surface area contributed by atoms with Gasteiger partial charge in [0, 0.05) is 13.0 Å². The molecule has 0 radical (unpaired) electrons. The van der Waals surface area contributed by atoms with Crippen molar-refractivity contribution in [3.05, 3.63) is 0 Å². The van der Waals surface area contributed by atoms with Gasteiger partial charge in [-0.15, -0.1) is 0 Å². The van der Waals surface area contributed by atoms with Gasteiger partial charge in [-0.3, -0.25) is 0 Å². The van der Waals surface area contributed by atoms with Crippen LogP contribution in [0.4, 0.5) is 0 Å². The van der Waals surface area contributed by atoms with E-state index in [-0.39, 0.29) is 0 Å². The van der Waals surface area contributed by atoms with Crippen molar-refractivity contribution in [2.75, 3.05) is 7.05 Å². The maximum absolute atomic E-state index is 5.20. The number of rotatable bonds is 1. The van der Waals surface area contributed by atoms with Crippen molar-refractivity contribution in [2.45, 2.75) is 32.6 Å². The van der Waals surface area contributed by atoms with E-state index in [9.17, 15) is 0 Å². The van der Waals surface area contributed by atoms with Crippen molar-refractivity contribution in [3.8, 4) is 0 Å². The Morgan fingerprint density at radius 3 is 2.27 bits per heavy atom. The molecule has 0 unspecified atom stereocenters. The zero-order chi connectivity index (χ0) is 8.27. The van der Waals surface area contributed by atoms with Crippen LogP contribution in [0.2, 0.25) is 0 Å². The maximum Gasteiger partial charge on any atom is 0.0782 e. The van der Waals surface area contributed by atoms with Gasteiger partial charge in [0.25, 0.3) is 0 Å². The molecule has 2 heteroatoms. The van der Waals surface area contributed by atoms with E-state index in [0.717, 1.165) is 10.9 Å². The number of hydrogen-bond acceptors (Lipinski definition) is 1. The Hall–Kier alpha value is -0.110. The van der Waals surface area contributed by atoms with Crippen LogP contribution >= 0.6 is 12.2 Å². The average molecular weight is 171 g/mol. The van der Waals surface area contributed by atoms with Crippen LogP contribution in [0.1, 0.15) is 32.6 Å². The fraction of sp³-hybridized carbons (Fsp3) is 0.889. The summed E-state index contributed by atoms with van der Waals surface area (Å²) in [6.07, 6.45) is 5.29. The van der Waals surface area contributed by atoms with Gasteiger partial charge < -0.3 is 5.32 Å². The van der Waals surface area contributed by atoms with Crippen LogP contribution in [0.5, 0.6) is 0 Å². The first-order valence-corrected chi connectivity index (χ1v) is 4.86. The molecule has 0 aromatic carbocycles. The molecule has 1 saturated carbocycles. The molecule has 0 aliphatic heterocycles. The Bertz CT molecular complexity index is 136. The first kappa shape index (κ1) is 8.98. The lowest BCUT2D eigenvalue weighted by Crippen LogP contribution is -2.28. The van der Waals surface area contributed by atoms with Gasteiger partial charge >= 0.3 is 0 Å². The molecule has 64 valence electrons. The largest absolute Gasteiger partial charge is 0.383 e. The van der Waals surface area contributed by atoms with E-state index in [4.69, 9.17) is 12.2 Å². The lowest BCUT2D eigenvalue weighted by molar-refractivity contribution is 0.343. The molecule has 0 bridgehead atoms. The summed E-state index contributed by atoms with van der Waals surface area (Å²) in [4.78, 5) is 1.07. The van der Waals surface area contributed by atoms with E-state index in [1.54, 1.807) is 0 Å². The van der Waals surface area contributed by atoms with Gasteiger partial charge in [0.15, 0.2) is 0 Å². The quantitative estimate of drug-likeness (QED) is 0.608. The predicted molar refractivity (Wildman–Crippen MR) is 52.8 cm³/mol. The molecule has 1 nitrogen and oxygen atoms in total. The van der Waals surface area contributed by atoms with Crippen molar-refractivity contribution in [2.24, 2.45) is 11.8 Å². The molecule has 0 amide bonds. The van der Waals surface area contributed by atoms with Gasteiger partial charge in [-0.2, -0.15) is 0 Å². The summed E-state index contributed by atoms with van der Waals surface area (Å²) in [5.74, 6) is 1.59. The van der Waals surface area contributed by atoms with Gasteiger partial charge in [0.05, 0.1) is 4.99 Å². The second-order valence-corrected chi connectivity index (χ2v) is 4.01. The summed E-state index contributed by atoms with van der Waals surface area (Å²) in [7, 11) is 1.93. The second kappa shape index (κ2) is 4.05. The first-order chi connectivity index (χ1) is 5.24. The summed E-state index contributed by atoms with van der Waals surface area (Å²) in [5, 5.41) is 3.08. The smallest absolute Gasteiger partial charge is 0.0782 e. The SMILES string of the molecule is CNC(=S)C1CCC(C)CC1. The van der Waals surface area contributed by atoms with E-state index < -0.39 is 0 Å². The molecule has 1 rings (SSSR count). The molecule has 0 spiro atoms. The first-order valence-electron chi connectivity index (χ1n) is 4.45. The van der Waals surface area contributed by atoms with Gasteiger partial charge in [-0.25, -0.2) is 0 Å². The highest BCUT2D eigenvalue weighted by Crippen LogP contribution is 2.28. The molecule has 0 atom stereocenters. The minimum atomic E-state index is 0.672. The number of nitrogens with one attached hydrogen (secondary N) is 1. The molecule has 1 N–H and O–H groups in total. The minimum Gasteiger partial charge on any atom is -0.383 e. The van der Waals surface area contributed by atoms with Gasteiger partial charge in [0.1, 0.15) is 0 Å². The normalized spacial score (nSPS) is 31.5. The maximum atomic E-state index is 5.20. The topological polar surface area (TPSA) is 12.0 Å². The third kappa shape index (κ3) is 2.44. The van der Waals surface area contributed by atoms with Crippen molar-refractivity contribution in [1.29, 1.82) is 0 Å². The van der Waals surface area contributed by atoms with E-state index in [1.165, 1.54) is 25.7 Å². The predicted octanol–water partition coefficient (Wildman–Crippen LogP) is 2.36. The molecule has 1 fully saturated rings. The molecule has 0 aromatic rings. The lowest BCUT2D eigenvalue weighted by Gasteiger charge is -2.26. The van der Waals surface area contributed by atoms with E-state index in [0.29, 0.717) is 5.92 Å². The number of hydrogen-bond donors (Lipinski definition) is 1. The van der Waals surface area contributed by atoms with Crippen LogP contribution in [0.3, 0.4) is 0 Å². The highest BCUT2D eigenvalue weighted by Gasteiger charge is 2.20. The third-order valence-electron chi connectivity index (χ3n) is 2.63. The zero-order valence-corrected chi connectivity index (χ0v) is 8.21. The van der Waals surface area contributed by atoms with Crippen LogP contribution in [-0.2, 0) is 0 Å². The summed E-state index contributed by atoms with van der Waals surface area (Å²) in [6, 6.07) is 0. The van der Waals surface area contributed by atoms with Crippen LogP contribution in [0.25, 0.3) is 0 Å². The molecule has 0 heterocycles. The second-order valence-electron chi connectivity index (χ2n) is 3.57. The van der Waals surface area contributed by atoms with E-state index in [1.807, 2.05) is 7.05 Å². The highest BCUT2D eigenvalue weighted by atomic mass is 32.1. The number of thiocarbonyl (C=S) groups is 1. The summed E-state index contributed by atoms with van der Waals surface area (Å²) in [5.41, 5.74) is 0. The molecule has 0 aromatic heterocycles. The Labute approximate surface area is 74.6 Å². The van der Waals surface area contributed by atoms with Crippen LogP contribution < -0.4 is 5.32 Å². The van der Waals surface area contributed by atoms with Crippen molar-refractivity contribution >= 4 is 17.2 Å². The van der Waals surface area contributed by atoms with Gasteiger partial charge in [0.2, 0.25) is 0 Å². The average Bonchev–Trinajstić information content (AvgIpc) is 2.05. The summed E-state index contributed by atoms with van der Waals surface area (Å²) < 4.78 is 0. The highest BCUT2D eigenvalue weighted by molar-refractivity contribution is 7.80. The fourth-order valence-electron chi connectivity index (χ4n) is 1.73. The van der Waals surface area contributed by atoms with E-state index >= 15 is 0 Å². The molecule has 1 aliphatic carbocycles. The monoisotopic (exact) mass is 171 g/mol. The van der Waals surface area contributed by atoms with Crippen molar-refractivity contribution < 1.29 is 0 Å². The van der Waals surface area contributed by atoms with Gasteiger partial charge in [-0.05, 0) is 18.8 Å². The molecular formula is C9H17NS. The van der Waals surface area contributed by atoms with E-state index in [2.05, 4.69) is 12.2 Å². The lowest BCUT2D eigenvalue weighted by atomic mass is 9.83. The van der Waals surface area contributed by atoms with Crippen LogP contribution in [-0.4, -0.2) is 12.0 Å². The summed E-state index contributed by atoms with van der Waals surface area (Å²) in [6.45, 7) is 2.33. The van der Waals surface area contributed by atoms with Crippen molar-refractivity contribution in [3.63, 3.8) is 0 Å². The van der Waals surface area contributed by atoms with Crippen molar-refractivity contribution in [1.82, 2.24) is 5.32 Å². The molecule has 0 saturated heterocycles. The Morgan fingerprint density at radius 2 is 1.82 bits per heavy atom.